The smallest absolute Gasteiger partial charge is 0.289 e. The lowest BCUT2D eigenvalue weighted by molar-refractivity contribution is -0.134. The average molecular weight is 306 g/mol. The number of carbonyl (C=O) groups excluding carboxylic acids is 2. The van der Waals surface area contributed by atoms with Crippen molar-refractivity contribution in [2.24, 2.45) is 5.92 Å². The Kier molecular flexibility index (Phi) is 4.77. The van der Waals surface area contributed by atoms with Gasteiger partial charge in [0.2, 0.25) is 5.91 Å². The molecular weight excluding hydrogens is 284 g/mol. The van der Waals surface area contributed by atoms with E-state index in [9.17, 15) is 9.59 Å². The Morgan fingerprint density at radius 3 is 2.41 bits per heavy atom. The van der Waals surface area contributed by atoms with Crippen molar-refractivity contribution in [3.05, 3.63) is 24.2 Å². The van der Waals surface area contributed by atoms with Crippen LogP contribution in [0.25, 0.3) is 0 Å². The fourth-order valence-electron chi connectivity index (χ4n) is 3.04. The molecule has 6 heteroatoms. The van der Waals surface area contributed by atoms with Gasteiger partial charge in [0.25, 0.3) is 5.91 Å². The van der Waals surface area contributed by atoms with Crippen LogP contribution in [-0.4, -0.2) is 61.0 Å². The molecule has 2 aliphatic rings. The quantitative estimate of drug-likeness (QED) is 0.846. The lowest BCUT2D eigenvalue weighted by atomic mass is 9.96. The Hall–Kier alpha value is -1.82. The lowest BCUT2D eigenvalue weighted by Crippen LogP contribution is -2.50. The zero-order valence-corrected chi connectivity index (χ0v) is 12.7. The zero-order valence-electron chi connectivity index (χ0n) is 12.7. The van der Waals surface area contributed by atoms with Gasteiger partial charge in [-0.2, -0.15) is 0 Å². The molecule has 0 unspecified atom stereocenters. The summed E-state index contributed by atoms with van der Waals surface area (Å²) < 4.78 is 10.5. The monoisotopic (exact) mass is 306 g/mol. The van der Waals surface area contributed by atoms with E-state index >= 15 is 0 Å². The van der Waals surface area contributed by atoms with Gasteiger partial charge in [0.1, 0.15) is 0 Å². The second-order valence-electron chi connectivity index (χ2n) is 5.91. The summed E-state index contributed by atoms with van der Waals surface area (Å²) in [6.07, 6.45) is 4.06. The van der Waals surface area contributed by atoms with Crippen LogP contribution >= 0.6 is 0 Å². The highest BCUT2D eigenvalue weighted by atomic mass is 16.5. The fourth-order valence-corrected chi connectivity index (χ4v) is 3.04. The minimum atomic E-state index is -0.0958. The maximum Gasteiger partial charge on any atom is 0.289 e. The Labute approximate surface area is 130 Å². The fraction of sp³-hybridized carbons (Fsp3) is 0.625. The summed E-state index contributed by atoms with van der Waals surface area (Å²) in [6.45, 7) is 3.88. The van der Waals surface area contributed by atoms with Gasteiger partial charge in [0, 0.05) is 45.8 Å². The Morgan fingerprint density at radius 2 is 1.77 bits per heavy atom. The Balaban J connectivity index is 1.46. The number of rotatable bonds is 3. The molecule has 2 saturated heterocycles. The van der Waals surface area contributed by atoms with Gasteiger partial charge in [0.15, 0.2) is 5.76 Å². The molecule has 3 rings (SSSR count). The summed E-state index contributed by atoms with van der Waals surface area (Å²) in [4.78, 5) is 28.1. The lowest BCUT2D eigenvalue weighted by Gasteiger charge is -2.35. The van der Waals surface area contributed by atoms with Gasteiger partial charge >= 0.3 is 0 Å². The summed E-state index contributed by atoms with van der Waals surface area (Å²) in [5.41, 5.74) is 0. The van der Waals surface area contributed by atoms with Crippen LogP contribution in [0.4, 0.5) is 0 Å². The summed E-state index contributed by atoms with van der Waals surface area (Å²) in [7, 11) is 0. The van der Waals surface area contributed by atoms with Crippen LogP contribution in [-0.2, 0) is 9.53 Å². The largest absolute Gasteiger partial charge is 0.459 e. The van der Waals surface area contributed by atoms with Gasteiger partial charge in [0.05, 0.1) is 6.26 Å². The van der Waals surface area contributed by atoms with E-state index in [0.717, 1.165) is 26.1 Å². The average Bonchev–Trinajstić information content (AvgIpc) is 3.10. The molecule has 0 spiro atoms. The molecule has 6 nitrogen and oxygen atoms in total. The third-order valence-corrected chi connectivity index (χ3v) is 4.46. The van der Waals surface area contributed by atoms with E-state index in [0.29, 0.717) is 44.3 Å². The highest BCUT2D eigenvalue weighted by molar-refractivity contribution is 5.91. The molecule has 3 heterocycles. The molecule has 120 valence electrons. The minimum Gasteiger partial charge on any atom is -0.459 e. The molecule has 0 aromatic carbocycles. The normalized spacial score (nSPS) is 20.2. The first kappa shape index (κ1) is 15.1. The van der Waals surface area contributed by atoms with Gasteiger partial charge < -0.3 is 19.0 Å². The molecule has 0 N–H and O–H groups in total. The minimum absolute atomic E-state index is 0.0958. The predicted octanol–water partition coefficient (Wildman–Crippen LogP) is 1.38. The van der Waals surface area contributed by atoms with Crippen LogP contribution in [0.3, 0.4) is 0 Å². The first-order valence-corrected chi connectivity index (χ1v) is 7.92. The first-order valence-electron chi connectivity index (χ1n) is 7.92. The van der Waals surface area contributed by atoms with Crippen molar-refractivity contribution in [3.8, 4) is 0 Å². The van der Waals surface area contributed by atoms with Crippen LogP contribution in [0.2, 0.25) is 0 Å². The number of amides is 2. The molecule has 1 aromatic heterocycles. The number of ether oxygens (including phenoxy) is 1. The third-order valence-electron chi connectivity index (χ3n) is 4.46. The molecule has 1 aromatic rings. The molecule has 2 aliphatic heterocycles. The van der Waals surface area contributed by atoms with E-state index in [1.54, 1.807) is 17.0 Å². The van der Waals surface area contributed by atoms with Gasteiger partial charge in [-0.25, -0.2) is 0 Å². The van der Waals surface area contributed by atoms with E-state index < -0.39 is 0 Å². The number of furan rings is 1. The number of hydrogen-bond acceptors (Lipinski definition) is 4. The van der Waals surface area contributed by atoms with E-state index in [1.807, 2.05) is 4.90 Å². The molecule has 0 radical (unpaired) electrons. The van der Waals surface area contributed by atoms with Crippen molar-refractivity contribution in [1.29, 1.82) is 0 Å². The van der Waals surface area contributed by atoms with Crippen molar-refractivity contribution in [2.75, 3.05) is 39.4 Å². The molecule has 0 bridgehead atoms. The third kappa shape index (κ3) is 3.50. The van der Waals surface area contributed by atoms with Gasteiger partial charge in [-0.3, -0.25) is 9.59 Å². The molecule has 0 atom stereocenters. The maximum atomic E-state index is 12.3. The van der Waals surface area contributed by atoms with E-state index in [-0.39, 0.29) is 11.8 Å². The summed E-state index contributed by atoms with van der Waals surface area (Å²) >= 11 is 0. The Morgan fingerprint density at radius 1 is 1.09 bits per heavy atom. The van der Waals surface area contributed by atoms with Gasteiger partial charge in [-0.1, -0.05) is 0 Å². The predicted molar refractivity (Wildman–Crippen MR) is 79.4 cm³/mol. The highest BCUT2D eigenvalue weighted by Crippen LogP contribution is 2.20. The molecular formula is C16H22N2O4. The first-order chi connectivity index (χ1) is 10.7. The van der Waals surface area contributed by atoms with Crippen LogP contribution in [0.15, 0.2) is 22.8 Å². The topological polar surface area (TPSA) is 63.0 Å². The molecule has 2 fully saturated rings. The summed E-state index contributed by atoms with van der Waals surface area (Å²) in [5.74, 6) is 0.921. The SMILES string of the molecule is O=C(CC1CCOCC1)N1CCN(C(=O)c2ccco2)CC1. The molecule has 22 heavy (non-hydrogen) atoms. The van der Waals surface area contributed by atoms with Crippen molar-refractivity contribution in [2.45, 2.75) is 19.3 Å². The summed E-state index contributed by atoms with van der Waals surface area (Å²) in [5, 5.41) is 0. The zero-order chi connectivity index (χ0) is 15.4. The number of hydrogen-bond donors (Lipinski definition) is 0. The van der Waals surface area contributed by atoms with Gasteiger partial charge in [-0.05, 0) is 30.9 Å². The van der Waals surface area contributed by atoms with E-state index in [4.69, 9.17) is 9.15 Å². The van der Waals surface area contributed by atoms with Crippen molar-refractivity contribution in [1.82, 2.24) is 9.80 Å². The van der Waals surface area contributed by atoms with Crippen molar-refractivity contribution < 1.29 is 18.7 Å². The van der Waals surface area contributed by atoms with Crippen LogP contribution < -0.4 is 0 Å². The number of piperazine rings is 1. The van der Waals surface area contributed by atoms with Crippen LogP contribution in [0, 0.1) is 5.92 Å². The molecule has 2 amide bonds. The number of carbonyl (C=O) groups is 2. The molecule has 0 saturated carbocycles. The molecule has 0 aliphatic carbocycles. The van der Waals surface area contributed by atoms with Gasteiger partial charge in [-0.15, -0.1) is 0 Å². The summed E-state index contributed by atoms with van der Waals surface area (Å²) in [6, 6.07) is 3.38. The van der Waals surface area contributed by atoms with E-state index in [2.05, 4.69) is 0 Å². The van der Waals surface area contributed by atoms with Crippen molar-refractivity contribution >= 4 is 11.8 Å². The maximum absolute atomic E-state index is 12.3. The van der Waals surface area contributed by atoms with E-state index in [1.165, 1.54) is 6.26 Å². The highest BCUT2D eigenvalue weighted by Gasteiger charge is 2.27. The second-order valence-corrected chi connectivity index (χ2v) is 5.91. The van der Waals surface area contributed by atoms with Crippen molar-refractivity contribution in [3.63, 3.8) is 0 Å². The Bertz CT molecular complexity index is 500. The van der Waals surface area contributed by atoms with Crippen LogP contribution in [0.1, 0.15) is 29.8 Å². The second kappa shape index (κ2) is 6.96. The van der Waals surface area contributed by atoms with Crippen LogP contribution in [0.5, 0.6) is 0 Å². The number of nitrogens with zero attached hydrogens (tertiary/aromatic N) is 2. The standard InChI is InChI=1S/C16H22N2O4/c19-15(12-13-3-10-21-11-4-13)17-5-7-18(8-6-17)16(20)14-2-1-9-22-14/h1-2,9,13H,3-8,10-12H2.